The summed E-state index contributed by atoms with van der Waals surface area (Å²) < 4.78 is 4.85. The van der Waals surface area contributed by atoms with Crippen LogP contribution in [0.1, 0.15) is 52.9 Å². The predicted octanol–water partition coefficient (Wildman–Crippen LogP) is 2.34. The van der Waals surface area contributed by atoms with Gasteiger partial charge in [0.25, 0.3) is 0 Å². The first-order valence-corrected chi connectivity index (χ1v) is 10.4. The number of esters is 1. The first kappa shape index (κ1) is 20.2. The van der Waals surface area contributed by atoms with Crippen LogP contribution in [0.4, 0.5) is 0 Å². The van der Waals surface area contributed by atoms with Gasteiger partial charge in [-0.2, -0.15) is 0 Å². The lowest BCUT2D eigenvalue weighted by molar-refractivity contribution is -0.172. The number of aliphatic hydroxyl groups is 1. The van der Waals surface area contributed by atoms with Crippen LogP contribution in [0, 0.1) is 28.6 Å². The molecule has 6 atom stereocenters. The summed E-state index contributed by atoms with van der Waals surface area (Å²) in [7, 11) is 0. The zero-order chi connectivity index (χ0) is 21.2. The molecule has 1 N–H and O–H groups in total. The number of rotatable bonds is 3. The summed E-state index contributed by atoms with van der Waals surface area (Å²) in [5.41, 5.74) is -1.99. The van der Waals surface area contributed by atoms with Crippen molar-refractivity contribution in [1.29, 1.82) is 0 Å². The van der Waals surface area contributed by atoms with Crippen LogP contribution in [-0.4, -0.2) is 40.6 Å². The van der Waals surface area contributed by atoms with Crippen molar-refractivity contribution in [2.45, 2.75) is 58.5 Å². The van der Waals surface area contributed by atoms with Gasteiger partial charge in [0.2, 0.25) is 5.78 Å². The van der Waals surface area contributed by atoms with E-state index in [0.717, 1.165) is 18.4 Å². The van der Waals surface area contributed by atoms with Gasteiger partial charge in [0.05, 0.1) is 0 Å². The Bertz CT molecular complexity index is 869. The fourth-order valence-corrected chi connectivity index (χ4v) is 6.78. The fourth-order valence-electron chi connectivity index (χ4n) is 6.78. The van der Waals surface area contributed by atoms with Crippen molar-refractivity contribution in [1.82, 2.24) is 0 Å². The first-order valence-electron chi connectivity index (χ1n) is 10.4. The highest BCUT2D eigenvalue weighted by Gasteiger charge is 2.68. The van der Waals surface area contributed by atoms with Crippen molar-refractivity contribution in [3.8, 4) is 0 Å². The van der Waals surface area contributed by atoms with E-state index < -0.39 is 34.8 Å². The second kappa shape index (κ2) is 6.46. The lowest BCUT2D eigenvalue weighted by Crippen LogP contribution is -2.60. The molecule has 0 aromatic carbocycles. The zero-order valence-electron chi connectivity index (χ0n) is 17.2. The third kappa shape index (κ3) is 2.71. The average molecular weight is 400 g/mol. The van der Waals surface area contributed by atoms with Crippen LogP contribution in [0.25, 0.3) is 0 Å². The summed E-state index contributed by atoms with van der Waals surface area (Å²) >= 11 is 0. The van der Waals surface area contributed by atoms with Gasteiger partial charge in [-0.25, -0.2) is 0 Å². The van der Waals surface area contributed by atoms with E-state index in [-0.39, 0.29) is 42.2 Å². The number of allylic oxidation sites excluding steroid dienone is 4. The van der Waals surface area contributed by atoms with Crippen LogP contribution < -0.4 is 0 Å². The third-order valence-corrected chi connectivity index (χ3v) is 8.28. The number of hydrogen-bond donors (Lipinski definition) is 1. The standard InChI is InChI=1S/C23H28O6/c1-13(24)29-12-19(27)23(28)9-7-17-16-5-4-14-10-15(25)6-8-21(14,2)20(16)18(26)11-22(17,23)3/h6,8,10,16-17,20,28H,4-5,7,9,11-12H2,1-3H3/t16?,17?,20?,21-,22-,23-/m0/s1. The predicted molar refractivity (Wildman–Crippen MR) is 104 cm³/mol. The van der Waals surface area contributed by atoms with E-state index in [9.17, 15) is 24.3 Å². The number of carbonyl (C=O) groups is 4. The summed E-state index contributed by atoms with van der Waals surface area (Å²) in [6.45, 7) is 4.64. The van der Waals surface area contributed by atoms with Gasteiger partial charge in [-0.1, -0.05) is 25.5 Å². The van der Waals surface area contributed by atoms with Gasteiger partial charge in [0.15, 0.2) is 12.4 Å². The normalized spacial score (nSPS) is 43.2. The molecule has 3 fully saturated rings. The van der Waals surface area contributed by atoms with E-state index in [1.807, 2.05) is 19.9 Å². The van der Waals surface area contributed by atoms with E-state index in [1.54, 1.807) is 12.2 Å². The molecule has 4 aliphatic rings. The summed E-state index contributed by atoms with van der Waals surface area (Å²) in [6, 6.07) is 0. The summed E-state index contributed by atoms with van der Waals surface area (Å²) in [5.74, 6) is -1.24. The van der Waals surface area contributed by atoms with E-state index in [1.165, 1.54) is 6.92 Å². The fraction of sp³-hybridized carbons (Fsp3) is 0.652. The highest BCUT2D eigenvalue weighted by Crippen LogP contribution is 2.66. The van der Waals surface area contributed by atoms with Gasteiger partial charge < -0.3 is 9.84 Å². The van der Waals surface area contributed by atoms with E-state index >= 15 is 0 Å². The van der Waals surface area contributed by atoms with Crippen molar-refractivity contribution in [2.75, 3.05) is 6.61 Å². The van der Waals surface area contributed by atoms with Gasteiger partial charge in [-0.05, 0) is 49.7 Å². The van der Waals surface area contributed by atoms with Crippen molar-refractivity contribution in [2.24, 2.45) is 28.6 Å². The van der Waals surface area contributed by atoms with Crippen LogP contribution in [0.2, 0.25) is 0 Å². The lowest BCUT2D eigenvalue weighted by atomic mass is 9.46. The molecule has 0 radical (unpaired) electrons. The smallest absolute Gasteiger partial charge is 0.303 e. The van der Waals surface area contributed by atoms with Crippen molar-refractivity contribution in [3.63, 3.8) is 0 Å². The number of ether oxygens (including phenoxy) is 1. The van der Waals surface area contributed by atoms with Gasteiger partial charge in [-0.3, -0.25) is 19.2 Å². The molecular weight excluding hydrogens is 372 g/mol. The van der Waals surface area contributed by atoms with Crippen molar-refractivity contribution in [3.05, 3.63) is 23.8 Å². The molecule has 3 saturated carbocycles. The van der Waals surface area contributed by atoms with E-state index in [0.29, 0.717) is 6.42 Å². The van der Waals surface area contributed by atoms with Gasteiger partial charge in [0, 0.05) is 30.1 Å². The van der Waals surface area contributed by atoms with Crippen LogP contribution in [0.5, 0.6) is 0 Å². The monoisotopic (exact) mass is 400 g/mol. The SMILES string of the molecule is CC(=O)OCC(=O)[C@@]1(O)CCC2C3CCC4=CC(=O)C=C[C@]4(C)C3C(=O)C[C@@]21C. The molecule has 0 aromatic heterocycles. The molecule has 0 amide bonds. The van der Waals surface area contributed by atoms with Crippen LogP contribution in [-0.2, 0) is 23.9 Å². The second-order valence-electron chi connectivity index (χ2n) is 9.64. The number of Topliss-reactive ketones (excluding diaryl/α,β-unsaturated/α-hetero) is 2. The molecule has 4 rings (SSSR count). The third-order valence-electron chi connectivity index (χ3n) is 8.28. The largest absolute Gasteiger partial charge is 0.458 e. The summed E-state index contributed by atoms with van der Waals surface area (Å²) in [4.78, 5) is 49.2. The molecule has 6 nitrogen and oxygen atoms in total. The minimum atomic E-state index is -1.66. The van der Waals surface area contributed by atoms with E-state index in [2.05, 4.69) is 0 Å². The first-order chi connectivity index (χ1) is 13.5. The Labute approximate surface area is 170 Å². The molecule has 156 valence electrons. The zero-order valence-corrected chi connectivity index (χ0v) is 17.2. The summed E-state index contributed by atoms with van der Waals surface area (Å²) in [5, 5.41) is 11.4. The van der Waals surface area contributed by atoms with Gasteiger partial charge in [-0.15, -0.1) is 0 Å². The Hall–Kier alpha value is -2.08. The number of carbonyl (C=O) groups excluding carboxylic acids is 4. The highest BCUT2D eigenvalue weighted by atomic mass is 16.5. The lowest BCUT2D eigenvalue weighted by Gasteiger charge is -2.56. The Balaban J connectivity index is 1.67. The molecule has 0 spiro atoms. The maximum absolute atomic E-state index is 13.4. The molecule has 3 unspecified atom stereocenters. The molecule has 0 heterocycles. The molecule has 0 saturated heterocycles. The van der Waals surface area contributed by atoms with Crippen molar-refractivity contribution >= 4 is 23.3 Å². The maximum Gasteiger partial charge on any atom is 0.303 e. The Kier molecular flexibility index (Phi) is 4.50. The second-order valence-corrected chi connectivity index (χ2v) is 9.64. The molecule has 4 aliphatic carbocycles. The van der Waals surface area contributed by atoms with Crippen LogP contribution >= 0.6 is 0 Å². The Morgan fingerprint density at radius 1 is 1.24 bits per heavy atom. The highest BCUT2D eigenvalue weighted by molar-refractivity contribution is 6.02. The molecule has 0 aliphatic heterocycles. The van der Waals surface area contributed by atoms with Crippen molar-refractivity contribution < 1.29 is 29.0 Å². The number of hydrogen-bond acceptors (Lipinski definition) is 6. The number of ketones is 3. The molecule has 0 aromatic rings. The molecule has 0 bridgehead atoms. The average Bonchev–Trinajstić information content (AvgIpc) is 2.91. The topological polar surface area (TPSA) is 97.7 Å². The Morgan fingerprint density at radius 2 is 1.97 bits per heavy atom. The Morgan fingerprint density at radius 3 is 2.66 bits per heavy atom. The van der Waals surface area contributed by atoms with Crippen LogP contribution in [0.15, 0.2) is 23.8 Å². The quantitative estimate of drug-likeness (QED) is 0.730. The van der Waals surface area contributed by atoms with Crippen LogP contribution in [0.3, 0.4) is 0 Å². The molecular formula is C23H28O6. The van der Waals surface area contributed by atoms with E-state index in [4.69, 9.17) is 4.74 Å². The molecule has 29 heavy (non-hydrogen) atoms. The maximum atomic E-state index is 13.4. The minimum absolute atomic E-state index is 0.0286. The van der Waals surface area contributed by atoms with Gasteiger partial charge >= 0.3 is 5.97 Å². The van der Waals surface area contributed by atoms with Gasteiger partial charge in [0.1, 0.15) is 11.4 Å². The minimum Gasteiger partial charge on any atom is -0.458 e. The number of fused-ring (bicyclic) bond motifs is 5. The molecule has 6 heteroatoms. The summed E-state index contributed by atoms with van der Waals surface area (Å²) in [6.07, 6.45) is 7.68.